The Morgan fingerprint density at radius 2 is 2.00 bits per heavy atom. The van der Waals surface area contributed by atoms with Crippen LogP contribution in [0.1, 0.15) is 49.0 Å². The van der Waals surface area contributed by atoms with Crippen LogP contribution in [-0.4, -0.2) is 59.6 Å². The molecule has 0 saturated carbocycles. The molecule has 24 heavy (non-hydrogen) atoms. The molecule has 0 aliphatic carbocycles. The van der Waals surface area contributed by atoms with Gasteiger partial charge in [-0.2, -0.15) is 0 Å². The molecule has 0 aromatic heterocycles. The minimum Gasteiger partial charge on any atom is -0.390 e. The maximum atomic E-state index is 12.9. The van der Waals surface area contributed by atoms with Gasteiger partial charge in [0, 0.05) is 30.6 Å². The molecule has 3 rings (SSSR count). The highest BCUT2D eigenvalue weighted by atomic mass is 16.3. The van der Waals surface area contributed by atoms with Crippen LogP contribution in [0.2, 0.25) is 0 Å². The van der Waals surface area contributed by atoms with Gasteiger partial charge in [0.15, 0.2) is 0 Å². The van der Waals surface area contributed by atoms with Crippen LogP contribution in [0.4, 0.5) is 0 Å². The summed E-state index contributed by atoms with van der Waals surface area (Å²) in [4.78, 5) is 17.3. The van der Waals surface area contributed by atoms with Gasteiger partial charge in [-0.25, -0.2) is 0 Å². The maximum Gasteiger partial charge on any atom is 0.253 e. The molecule has 132 valence electrons. The van der Waals surface area contributed by atoms with E-state index in [1.165, 1.54) is 6.42 Å². The molecule has 4 nitrogen and oxygen atoms in total. The largest absolute Gasteiger partial charge is 0.390 e. The van der Waals surface area contributed by atoms with E-state index in [1.54, 1.807) is 0 Å². The highest BCUT2D eigenvalue weighted by Crippen LogP contribution is 2.39. The first-order valence-electron chi connectivity index (χ1n) is 9.06. The second-order valence-electron chi connectivity index (χ2n) is 8.48. The highest BCUT2D eigenvalue weighted by molar-refractivity contribution is 5.94. The smallest absolute Gasteiger partial charge is 0.253 e. The molecule has 1 aromatic rings. The predicted molar refractivity (Wildman–Crippen MR) is 96.1 cm³/mol. The first kappa shape index (κ1) is 17.4. The number of amides is 1. The zero-order chi connectivity index (χ0) is 17.4. The van der Waals surface area contributed by atoms with Crippen molar-refractivity contribution in [3.05, 3.63) is 35.4 Å². The number of nitrogens with zero attached hydrogens (tertiary/aromatic N) is 2. The Balaban J connectivity index is 1.65. The van der Waals surface area contributed by atoms with Gasteiger partial charge in [-0.15, -0.1) is 0 Å². The normalized spacial score (nSPS) is 24.9. The lowest BCUT2D eigenvalue weighted by Gasteiger charge is -2.24. The molecular formula is C20H30N2O2. The first-order chi connectivity index (χ1) is 11.3. The molecule has 2 saturated heterocycles. The average Bonchev–Trinajstić information content (AvgIpc) is 3.11. The van der Waals surface area contributed by atoms with Crippen molar-refractivity contribution >= 4 is 5.91 Å². The fourth-order valence-electron chi connectivity index (χ4n) is 4.09. The number of aryl methyl sites for hydroxylation is 1. The summed E-state index contributed by atoms with van der Waals surface area (Å²) in [5.41, 5.74) is 1.56. The molecule has 2 aliphatic rings. The van der Waals surface area contributed by atoms with Crippen LogP contribution in [0.15, 0.2) is 24.3 Å². The summed E-state index contributed by atoms with van der Waals surface area (Å²) < 4.78 is 0. The van der Waals surface area contributed by atoms with Crippen molar-refractivity contribution in [1.82, 2.24) is 9.80 Å². The van der Waals surface area contributed by atoms with Crippen molar-refractivity contribution in [2.75, 3.05) is 33.2 Å². The van der Waals surface area contributed by atoms with Crippen molar-refractivity contribution in [3.63, 3.8) is 0 Å². The summed E-state index contributed by atoms with van der Waals surface area (Å²) in [7, 11) is 2.17. The average molecular weight is 330 g/mol. The van der Waals surface area contributed by atoms with Crippen molar-refractivity contribution in [2.24, 2.45) is 5.41 Å². The molecule has 4 heteroatoms. The van der Waals surface area contributed by atoms with Crippen LogP contribution in [-0.2, 0) is 6.42 Å². The van der Waals surface area contributed by atoms with Gasteiger partial charge in [-0.3, -0.25) is 4.79 Å². The molecule has 1 atom stereocenters. The van der Waals surface area contributed by atoms with Gasteiger partial charge in [-0.1, -0.05) is 12.1 Å². The third kappa shape index (κ3) is 3.98. The van der Waals surface area contributed by atoms with E-state index < -0.39 is 5.60 Å². The molecule has 0 radical (unpaired) electrons. The number of rotatable bonds is 4. The number of hydrogen-bond donors (Lipinski definition) is 1. The van der Waals surface area contributed by atoms with E-state index in [9.17, 15) is 9.90 Å². The third-order valence-electron chi connectivity index (χ3n) is 5.55. The van der Waals surface area contributed by atoms with Crippen LogP contribution in [0.25, 0.3) is 0 Å². The fraction of sp³-hybridized carbons (Fsp3) is 0.650. The van der Waals surface area contributed by atoms with Crippen LogP contribution < -0.4 is 0 Å². The summed E-state index contributed by atoms with van der Waals surface area (Å²) >= 11 is 0. The summed E-state index contributed by atoms with van der Waals surface area (Å²) in [5, 5.41) is 9.89. The Morgan fingerprint density at radius 3 is 2.67 bits per heavy atom. The van der Waals surface area contributed by atoms with E-state index in [2.05, 4.69) is 11.9 Å². The lowest BCUT2D eigenvalue weighted by molar-refractivity contribution is 0.0714. The van der Waals surface area contributed by atoms with E-state index >= 15 is 0 Å². The molecule has 1 amide bonds. The Bertz CT molecular complexity index is 608. The number of carbonyl (C=O) groups excluding carboxylic acids is 1. The summed E-state index contributed by atoms with van der Waals surface area (Å²) in [5.74, 6) is 0.159. The van der Waals surface area contributed by atoms with E-state index in [1.807, 2.05) is 43.0 Å². The number of carbonyl (C=O) groups is 1. The fourth-order valence-corrected chi connectivity index (χ4v) is 4.09. The zero-order valence-electron chi connectivity index (χ0n) is 15.2. The van der Waals surface area contributed by atoms with E-state index in [4.69, 9.17) is 0 Å². The third-order valence-corrected chi connectivity index (χ3v) is 5.55. The Labute approximate surface area is 145 Å². The minimum atomic E-state index is -0.671. The van der Waals surface area contributed by atoms with Crippen LogP contribution in [0.3, 0.4) is 0 Å². The molecule has 1 N–H and O–H groups in total. The van der Waals surface area contributed by atoms with Crippen molar-refractivity contribution in [2.45, 2.75) is 45.1 Å². The molecule has 2 aliphatic heterocycles. The van der Waals surface area contributed by atoms with Gasteiger partial charge in [-0.05, 0) is 70.8 Å². The lowest BCUT2D eigenvalue weighted by Crippen LogP contribution is -2.33. The van der Waals surface area contributed by atoms with Gasteiger partial charge >= 0.3 is 0 Å². The Morgan fingerprint density at radius 1 is 1.25 bits per heavy atom. The van der Waals surface area contributed by atoms with Crippen LogP contribution in [0, 0.1) is 5.41 Å². The second kappa shape index (κ2) is 6.49. The van der Waals surface area contributed by atoms with Crippen LogP contribution >= 0.6 is 0 Å². The molecule has 0 bridgehead atoms. The van der Waals surface area contributed by atoms with Gasteiger partial charge in [0.2, 0.25) is 0 Å². The SMILES string of the molecule is CN1CCC2(CCN(C(=O)c3cccc(CCC(C)(C)O)c3)C2)C1. The predicted octanol–water partition coefficient (Wildman–Crippen LogP) is 2.56. The van der Waals surface area contributed by atoms with E-state index in [0.29, 0.717) is 11.8 Å². The molecule has 1 spiro atoms. The maximum absolute atomic E-state index is 12.9. The van der Waals surface area contributed by atoms with E-state index in [0.717, 1.165) is 50.1 Å². The Hall–Kier alpha value is -1.39. The number of benzene rings is 1. The summed E-state index contributed by atoms with van der Waals surface area (Å²) in [6.07, 6.45) is 3.82. The van der Waals surface area contributed by atoms with Gasteiger partial charge < -0.3 is 14.9 Å². The quantitative estimate of drug-likeness (QED) is 0.923. The van der Waals surface area contributed by atoms with Crippen molar-refractivity contribution in [1.29, 1.82) is 0 Å². The first-order valence-corrected chi connectivity index (χ1v) is 9.06. The Kier molecular flexibility index (Phi) is 4.71. The van der Waals surface area contributed by atoms with Gasteiger partial charge in [0.05, 0.1) is 5.60 Å². The van der Waals surface area contributed by atoms with Gasteiger partial charge in [0.1, 0.15) is 0 Å². The van der Waals surface area contributed by atoms with Crippen molar-refractivity contribution < 1.29 is 9.90 Å². The minimum absolute atomic E-state index is 0.159. The highest BCUT2D eigenvalue weighted by Gasteiger charge is 2.43. The standard InChI is InChI=1S/C20H30N2O2/c1-19(2,24)8-7-16-5-4-6-17(13-16)18(23)22-12-10-20(15-22)9-11-21(3)14-20/h4-6,13,24H,7-12,14-15H2,1-3H3. The lowest BCUT2D eigenvalue weighted by atomic mass is 9.86. The molecule has 1 aromatic carbocycles. The van der Waals surface area contributed by atoms with E-state index in [-0.39, 0.29) is 5.91 Å². The zero-order valence-corrected chi connectivity index (χ0v) is 15.2. The monoisotopic (exact) mass is 330 g/mol. The van der Waals surface area contributed by atoms with Crippen molar-refractivity contribution in [3.8, 4) is 0 Å². The molecule has 1 unspecified atom stereocenters. The second-order valence-corrected chi connectivity index (χ2v) is 8.48. The number of aliphatic hydroxyl groups is 1. The number of hydrogen-bond acceptors (Lipinski definition) is 3. The molecular weight excluding hydrogens is 300 g/mol. The summed E-state index contributed by atoms with van der Waals surface area (Å²) in [6.45, 7) is 7.68. The molecule has 2 heterocycles. The molecule has 2 fully saturated rings. The number of likely N-dealkylation sites (tertiary alicyclic amines) is 2. The van der Waals surface area contributed by atoms with Crippen LogP contribution in [0.5, 0.6) is 0 Å². The topological polar surface area (TPSA) is 43.8 Å². The summed E-state index contributed by atoms with van der Waals surface area (Å²) in [6, 6.07) is 7.92. The van der Waals surface area contributed by atoms with Gasteiger partial charge in [0.25, 0.3) is 5.91 Å².